The second kappa shape index (κ2) is 3.48. The van der Waals surface area contributed by atoms with Crippen LogP contribution >= 0.6 is 11.6 Å². The molecule has 0 radical (unpaired) electrons. The SMILES string of the molecule is O=C1OC(=O)C2C1C=CC(C(F)(F)F)C2Cl. The minimum absolute atomic E-state index is 0.818. The summed E-state index contributed by atoms with van der Waals surface area (Å²) in [6.45, 7) is 0. The Bertz CT molecular complexity index is 377. The van der Waals surface area contributed by atoms with E-state index in [9.17, 15) is 22.8 Å². The van der Waals surface area contributed by atoms with Gasteiger partial charge < -0.3 is 4.74 Å². The van der Waals surface area contributed by atoms with Crippen molar-refractivity contribution in [3.05, 3.63) is 12.2 Å². The van der Waals surface area contributed by atoms with Crippen LogP contribution in [0.4, 0.5) is 13.2 Å². The van der Waals surface area contributed by atoms with Crippen LogP contribution in [-0.4, -0.2) is 23.5 Å². The third-order valence-electron chi connectivity index (χ3n) is 2.72. The third kappa shape index (κ3) is 1.61. The van der Waals surface area contributed by atoms with Gasteiger partial charge in [-0.25, -0.2) is 0 Å². The van der Waals surface area contributed by atoms with E-state index in [0.29, 0.717) is 0 Å². The van der Waals surface area contributed by atoms with Gasteiger partial charge >= 0.3 is 18.1 Å². The molecular weight excluding hydrogens is 249 g/mol. The maximum Gasteiger partial charge on any atom is 0.396 e. The smallest absolute Gasteiger partial charge is 0.392 e. The molecule has 4 atom stereocenters. The number of allylic oxidation sites excluding steroid dienone is 1. The normalized spacial score (nSPS) is 38.5. The second-order valence-corrected chi connectivity index (χ2v) is 4.19. The molecule has 0 aromatic rings. The molecule has 4 unspecified atom stereocenters. The van der Waals surface area contributed by atoms with Crippen molar-refractivity contribution in [3.63, 3.8) is 0 Å². The van der Waals surface area contributed by atoms with Crippen LogP contribution < -0.4 is 0 Å². The van der Waals surface area contributed by atoms with Crippen molar-refractivity contribution >= 4 is 23.5 Å². The van der Waals surface area contributed by atoms with Crippen LogP contribution in [0.5, 0.6) is 0 Å². The van der Waals surface area contributed by atoms with Crippen molar-refractivity contribution in [3.8, 4) is 0 Å². The molecule has 88 valence electrons. The van der Waals surface area contributed by atoms with Crippen molar-refractivity contribution < 1.29 is 27.5 Å². The van der Waals surface area contributed by atoms with E-state index in [4.69, 9.17) is 11.6 Å². The Balaban J connectivity index is 2.34. The zero-order valence-electron chi connectivity index (χ0n) is 7.70. The predicted molar refractivity (Wildman–Crippen MR) is 46.4 cm³/mol. The number of ether oxygens (including phenoxy) is 1. The molecule has 1 aliphatic carbocycles. The zero-order valence-corrected chi connectivity index (χ0v) is 8.46. The van der Waals surface area contributed by atoms with Gasteiger partial charge in [-0.15, -0.1) is 11.6 Å². The lowest BCUT2D eigenvalue weighted by molar-refractivity contribution is -0.167. The first-order valence-electron chi connectivity index (χ1n) is 4.47. The van der Waals surface area contributed by atoms with Crippen molar-refractivity contribution in [2.45, 2.75) is 11.6 Å². The molecule has 7 heteroatoms. The molecule has 0 amide bonds. The molecule has 0 aromatic carbocycles. The van der Waals surface area contributed by atoms with E-state index in [1.165, 1.54) is 0 Å². The maximum absolute atomic E-state index is 12.5. The number of rotatable bonds is 0. The lowest BCUT2D eigenvalue weighted by Crippen LogP contribution is -2.41. The van der Waals surface area contributed by atoms with Crippen molar-refractivity contribution in [2.75, 3.05) is 0 Å². The summed E-state index contributed by atoms with van der Waals surface area (Å²) in [4.78, 5) is 22.3. The van der Waals surface area contributed by atoms with Gasteiger partial charge in [0.25, 0.3) is 0 Å². The Hall–Kier alpha value is -1.04. The van der Waals surface area contributed by atoms with Gasteiger partial charge in [0, 0.05) is 0 Å². The fraction of sp³-hybridized carbons (Fsp3) is 0.556. The summed E-state index contributed by atoms with van der Waals surface area (Å²) >= 11 is 5.60. The first-order valence-corrected chi connectivity index (χ1v) is 4.90. The highest BCUT2D eigenvalue weighted by Crippen LogP contribution is 2.44. The largest absolute Gasteiger partial charge is 0.396 e. The van der Waals surface area contributed by atoms with Crippen molar-refractivity contribution in [2.24, 2.45) is 17.8 Å². The number of alkyl halides is 4. The van der Waals surface area contributed by atoms with E-state index in [-0.39, 0.29) is 0 Å². The summed E-state index contributed by atoms with van der Waals surface area (Å²) in [7, 11) is 0. The van der Waals surface area contributed by atoms with Gasteiger partial charge in [-0.05, 0) is 0 Å². The lowest BCUT2D eigenvalue weighted by Gasteiger charge is -2.29. The van der Waals surface area contributed by atoms with Gasteiger partial charge in [-0.1, -0.05) is 12.2 Å². The van der Waals surface area contributed by atoms with Gasteiger partial charge in [0.1, 0.15) is 0 Å². The molecule has 1 aliphatic heterocycles. The summed E-state index contributed by atoms with van der Waals surface area (Å²) in [5.74, 6) is -5.95. The first-order chi connectivity index (χ1) is 7.32. The Morgan fingerprint density at radius 3 is 2.38 bits per heavy atom. The number of esters is 2. The Morgan fingerprint density at radius 1 is 1.19 bits per heavy atom. The average Bonchev–Trinajstić information content (AvgIpc) is 2.41. The summed E-state index contributed by atoms with van der Waals surface area (Å²) in [5, 5.41) is -1.49. The summed E-state index contributed by atoms with van der Waals surface area (Å²) in [5.41, 5.74) is 0. The molecule has 0 aromatic heterocycles. The van der Waals surface area contributed by atoms with Gasteiger partial charge in [-0.3, -0.25) is 9.59 Å². The molecule has 3 nitrogen and oxygen atoms in total. The van der Waals surface area contributed by atoms with E-state index >= 15 is 0 Å². The lowest BCUT2D eigenvalue weighted by atomic mass is 9.79. The summed E-state index contributed by atoms with van der Waals surface area (Å²) < 4.78 is 41.8. The molecule has 2 aliphatic rings. The van der Waals surface area contributed by atoms with Crippen LogP contribution in [0, 0.1) is 17.8 Å². The van der Waals surface area contributed by atoms with Crippen molar-refractivity contribution in [1.82, 2.24) is 0 Å². The van der Waals surface area contributed by atoms with E-state index < -0.39 is 41.2 Å². The van der Waals surface area contributed by atoms with Gasteiger partial charge in [0.05, 0.1) is 23.1 Å². The number of halogens is 4. The topological polar surface area (TPSA) is 43.4 Å². The minimum Gasteiger partial charge on any atom is -0.392 e. The van der Waals surface area contributed by atoms with E-state index in [0.717, 1.165) is 12.2 Å². The predicted octanol–water partition coefficient (Wildman–Crippen LogP) is 1.66. The van der Waals surface area contributed by atoms with E-state index in [2.05, 4.69) is 4.74 Å². The Kier molecular flexibility index (Phi) is 2.49. The van der Waals surface area contributed by atoms with E-state index in [1.807, 2.05) is 0 Å². The highest BCUT2D eigenvalue weighted by Gasteiger charge is 2.56. The number of carbonyl (C=O) groups excluding carboxylic acids is 2. The van der Waals surface area contributed by atoms with Crippen LogP contribution in [0.15, 0.2) is 12.2 Å². The number of fused-ring (bicyclic) bond motifs is 1. The van der Waals surface area contributed by atoms with Crippen LogP contribution in [0.2, 0.25) is 0 Å². The van der Waals surface area contributed by atoms with Crippen LogP contribution in [0.3, 0.4) is 0 Å². The molecule has 1 fully saturated rings. The minimum atomic E-state index is -4.53. The Labute approximate surface area is 93.2 Å². The highest BCUT2D eigenvalue weighted by atomic mass is 35.5. The van der Waals surface area contributed by atoms with E-state index in [1.54, 1.807) is 0 Å². The summed E-state index contributed by atoms with van der Waals surface area (Å²) in [6, 6.07) is 0. The second-order valence-electron chi connectivity index (χ2n) is 3.69. The number of hydrogen-bond acceptors (Lipinski definition) is 3. The first kappa shape index (κ1) is 11.4. The molecule has 1 saturated heterocycles. The molecule has 0 saturated carbocycles. The fourth-order valence-electron chi connectivity index (χ4n) is 1.91. The van der Waals surface area contributed by atoms with Crippen LogP contribution in [-0.2, 0) is 14.3 Å². The maximum atomic E-state index is 12.5. The third-order valence-corrected chi connectivity index (χ3v) is 3.27. The monoisotopic (exact) mass is 254 g/mol. The van der Waals surface area contributed by atoms with Crippen LogP contribution in [0.1, 0.15) is 0 Å². The Morgan fingerprint density at radius 2 is 1.81 bits per heavy atom. The standard InChI is InChI=1S/C9H6ClF3O3/c10-6-4(9(11,12)13)2-1-3-5(6)8(15)16-7(3)14/h1-6H. The summed E-state index contributed by atoms with van der Waals surface area (Å²) in [6.07, 6.45) is -2.66. The van der Waals surface area contributed by atoms with Crippen molar-refractivity contribution in [1.29, 1.82) is 0 Å². The molecule has 0 spiro atoms. The number of hydrogen-bond donors (Lipinski definition) is 0. The molecule has 0 N–H and O–H groups in total. The van der Waals surface area contributed by atoms with Gasteiger partial charge in [0.2, 0.25) is 0 Å². The fourth-order valence-corrected chi connectivity index (χ4v) is 2.40. The van der Waals surface area contributed by atoms with Gasteiger partial charge in [0.15, 0.2) is 0 Å². The number of cyclic esters (lactones) is 2. The molecule has 2 rings (SSSR count). The molecular formula is C9H6ClF3O3. The molecule has 0 bridgehead atoms. The molecule has 1 heterocycles. The highest BCUT2D eigenvalue weighted by molar-refractivity contribution is 6.23. The average molecular weight is 255 g/mol. The molecule has 16 heavy (non-hydrogen) atoms. The van der Waals surface area contributed by atoms with Gasteiger partial charge in [-0.2, -0.15) is 13.2 Å². The number of carbonyl (C=O) groups is 2. The quantitative estimate of drug-likeness (QED) is 0.286. The van der Waals surface area contributed by atoms with Crippen LogP contribution in [0.25, 0.3) is 0 Å². The zero-order chi connectivity index (χ0) is 12.1.